The summed E-state index contributed by atoms with van der Waals surface area (Å²) in [5.41, 5.74) is 8.72. The second kappa shape index (κ2) is 5.51. The Kier molecular flexibility index (Phi) is 3.57. The van der Waals surface area contributed by atoms with Crippen molar-refractivity contribution in [2.24, 2.45) is 0 Å². The first-order chi connectivity index (χ1) is 9.74. The van der Waals surface area contributed by atoms with Crippen LogP contribution in [0.25, 0.3) is 10.6 Å². The molecule has 8 heteroatoms. The summed E-state index contributed by atoms with van der Waals surface area (Å²) in [5, 5.41) is 7.11. The molecule has 0 spiro atoms. The van der Waals surface area contributed by atoms with Gasteiger partial charge in [0.05, 0.1) is 17.8 Å². The van der Waals surface area contributed by atoms with Gasteiger partial charge in [0.1, 0.15) is 22.2 Å². The van der Waals surface area contributed by atoms with Crippen molar-refractivity contribution in [3.8, 4) is 10.6 Å². The van der Waals surface area contributed by atoms with Crippen LogP contribution in [0.5, 0.6) is 0 Å². The van der Waals surface area contributed by atoms with Crippen LogP contribution in [-0.2, 0) is 6.54 Å². The molecule has 3 rings (SSSR count). The van der Waals surface area contributed by atoms with Gasteiger partial charge in [-0.1, -0.05) is 0 Å². The monoisotopic (exact) mass is 304 g/mol. The maximum absolute atomic E-state index is 5.95. The van der Waals surface area contributed by atoms with Crippen molar-refractivity contribution in [1.82, 2.24) is 19.3 Å². The van der Waals surface area contributed by atoms with Gasteiger partial charge in [-0.25, -0.2) is 15.0 Å². The highest BCUT2D eigenvalue weighted by Gasteiger charge is 2.16. The minimum Gasteiger partial charge on any atom is -0.382 e. The first kappa shape index (κ1) is 12.9. The molecule has 0 fully saturated rings. The van der Waals surface area contributed by atoms with Crippen LogP contribution >= 0.6 is 22.9 Å². The Morgan fingerprint density at radius 2 is 2.30 bits per heavy atom. The average molecular weight is 304 g/mol. The molecule has 0 unspecified atom stereocenters. The summed E-state index contributed by atoms with van der Waals surface area (Å²) < 4.78 is 4.21. The molecule has 0 atom stereocenters. The topological polar surface area (TPSA) is 89.6 Å². The van der Waals surface area contributed by atoms with E-state index in [1.165, 1.54) is 17.9 Å². The molecule has 3 aromatic heterocycles. The number of anilines is 2. The Morgan fingerprint density at radius 1 is 1.40 bits per heavy atom. The van der Waals surface area contributed by atoms with Gasteiger partial charge in [0, 0.05) is 17.3 Å². The smallest absolute Gasteiger partial charge is 0.149 e. The third-order valence-corrected chi connectivity index (χ3v) is 4.42. The molecular formula is C12H12N6S2. The number of thiazole rings is 1. The van der Waals surface area contributed by atoms with Gasteiger partial charge < -0.3 is 11.1 Å². The molecule has 0 amide bonds. The van der Waals surface area contributed by atoms with E-state index in [9.17, 15) is 0 Å². The Labute approximate surface area is 123 Å². The van der Waals surface area contributed by atoms with Crippen molar-refractivity contribution in [1.29, 1.82) is 0 Å². The van der Waals surface area contributed by atoms with Crippen molar-refractivity contribution in [3.63, 3.8) is 0 Å². The van der Waals surface area contributed by atoms with Gasteiger partial charge in [-0.15, -0.1) is 11.3 Å². The number of nitrogens with one attached hydrogen (secondary N) is 1. The quantitative estimate of drug-likeness (QED) is 0.770. The van der Waals surface area contributed by atoms with Gasteiger partial charge in [0.15, 0.2) is 0 Å². The van der Waals surface area contributed by atoms with E-state index in [4.69, 9.17) is 5.73 Å². The van der Waals surface area contributed by atoms with Gasteiger partial charge >= 0.3 is 0 Å². The van der Waals surface area contributed by atoms with Crippen LogP contribution < -0.4 is 11.1 Å². The lowest BCUT2D eigenvalue weighted by atomic mass is 10.3. The predicted octanol–water partition coefficient (Wildman–Crippen LogP) is 2.56. The van der Waals surface area contributed by atoms with E-state index in [1.807, 2.05) is 18.4 Å². The second-order valence-electron chi connectivity index (χ2n) is 4.12. The molecule has 102 valence electrons. The normalized spacial score (nSPS) is 10.7. The molecule has 0 saturated heterocycles. The zero-order chi connectivity index (χ0) is 13.9. The summed E-state index contributed by atoms with van der Waals surface area (Å²) in [6.45, 7) is 2.56. The van der Waals surface area contributed by atoms with Crippen molar-refractivity contribution in [2.45, 2.75) is 13.5 Å². The van der Waals surface area contributed by atoms with Gasteiger partial charge in [-0.3, -0.25) is 0 Å². The Hall–Kier alpha value is -2.06. The number of rotatable bonds is 4. The lowest BCUT2D eigenvalue weighted by molar-refractivity contribution is 1.01. The summed E-state index contributed by atoms with van der Waals surface area (Å²) in [7, 11) is 0. The van der Waals surface area contributed by atoms with Crippen molar-refractivity contribution < 1.29 is 0 Å². The minimum atomic E-state index is 0.509. The second-order valence-corrected chi connectivity index (χ2v) is 5.75. The zero-order valence-electron chi connectivity index (χ0n) is 10.7. The maximum atomic E-state index is 5.95. The molecule has 0 bridgehead atoms. The molecular weight excluding hydrogens is 292 g/mol. The Bertz CT molecular complexity index is 706. The standard InChI is InChI=1S/C12H12N6S2/c1-7-5-19-12(17-7)9-10(13)18-20-11(9)15-4-8-2-3-14-6-16-8/h2-3,5-6,15H,4H2,1H3,(H2,13,18). The summed E-state index contributed by atoms with van der Waals surface area (Å²) >= 11 is 2.90. The third-order valence-electron chi connectivity index (χ3n) is 2.62. The van der Waals surface area contributed by atoms with Crippen molar-refractivity contribution in [2.75, 3.05) is 11.1 Å². The molecule has 0 aliphatic heterocycles. The maximum Gasteiger partial charge on any atom is 0.149 e. The molecule has 3 aromatic rings. The van der Waals surface area contributed by atoms with E-state index in [2.05, 4.69) is 24.6 Å². The molecule has 0 aliphatic carbocycles. The molecule has 20 heavy (non-hydrogen) atoms. The summed E-state index contributed by atoms with van der Waals surface area (Å²) in [5.74, 6) is 0.509. The van der Waals surface area contributed by atoms with Crippen molar-refractivity contribution >= 4 is 33.7 Å². The lowest BCUT2D eigenvalue weighted by Crippen LogP contribution is -2.01. The molecule has 0 radical (unpaired) electrons. The number of aromatic nitrogens is 4. The molecule has 3 heterocycles. The summed E-state index contributed by atoms with van der Waals surface area (Å²) in [6.07, 6.45) is 3.25. The van der Waals surface area contributed by atoms with Crippen molar-refractivity contribution in [3.05, 3.63) is 35.4 Å². The predicted molar refractivity (Wildman–Crippen MR) is 81.7 cm³/mol. The highest BCUT2D eigenvalue weighted by atomic mass is 32.1. The fraction of sp³-hybridized carbons (Fsp3) is 0.167. The number of nitrogens with two attached hydrogens (primary N) is 1. The van der Waals surface area contributed by atoms with E-state index < -0.39 is 0 Å². The minimum absolute atomic E-state index is 0.509. The fourth-order valence-corrected chi connectivity index (χ4v) is 3.32. The highest BCUT2D eigenvalue weighted by molar-refractivity contribution is 7.15. The number of nitrogens with zero attached hydrogens (tertiary/aromatic N) is 4. The third kappa shape index (κ3) is 2.61. The van der Waals surface area contributed by atoms with Gasteiger partial charge in [-0.05, 0) is 24.5 Å². The van der Waals surface area contributed by atoms with Crippen LogP contribution in [0.4, 0.5) is 10.8 Å². The Balaban J connectivity index is 1.84. The average Bonchev–Trinajstić information content (AvgIpc) is 3.03. The molecule has 3 N–H and O–H groups in total. The van der Waals surface area contributed by atoms with Crippen LogP contribution in [0.1, 0.15) is 11.4 Å². The number of aryl methyl sites for hydroxylation is 1. The lowest BCUT2D eigenvalue weighted by Gasteiger charge is -2.04. The van der Waals surface area contributed by atoms with E-state index in [0.717, 1.165) is 27.0 Å². The molecule has 0 saturated carbocycles. The van der Waals surface area contributed by atoms with Gasteiger partial charge in [0.25, 0.3) is 0 Å². The van der Waals surface area contributed by atoms with Gasteiger partial charge in [0.2, 0.25) is 0 Å². The van der Waals surface area contributed by atoms with Crippen LogP contribution in [0.3, 0.4) is 0 Å². The van der Waals surface area contributed by atoms with E-state index in [-0.39, 0.29) is 0 Å². The first-order valence-electron chi connectivity index (χ1n) is 5.90. The zero-order valence-corrected chi connectivity index (χ0v) is 12.3. The first-order valence-corrected chi connectivity index (χ1v) is 7.56. The molecule has 6 nitrogen and oxygen atoms in total. The molecule has 0 aliphatic rings. The summed E-state index contributed by atoms with van der Waals surface area (Å²) in [4.78, 5) is 12.5. The van der Waals surface area contributed by atoms with E-state index in [0.29, 0.717) is 12.4 Å². The Morgan fingerprint density at radius 3 is 3.00 bits per heavy atom. The number of hydrogen-bond acceptors (Lipinski definition) is 8. The van der Waals surface area contributed by atoms with Crippen LogP contribution in [-0.4, -0.2) is 19.3 Å². The fourth-order valence-electron chi connectivity index (χ4n) is 1.69. The molecule has 0 aromatic carbocycles. The number of nitrogen functional groups attached to an aromatic ring is 1. The summed E-state index contributed by atoms with van der Waals surface area (Å²) in [6, 6.07) is 1.87. The van der Waals surface area contributed by atoms with E-state index in [1.54, 1.807) is 17.5 Å². The highest BCUT2D eigenvalue weighted by Crippen LogP contribution is 2.38. The largest absolute Gasteiger partial charge is 0.382 e. The van der Waals surface area contributed by atoms with Crippen LogP contribution in [0.15, 0.2) is 24.0 Å². The van der Waals surface area contributed by atoms with Gasteiger partial charge in [-0.2, -0.15) is 4.37 Å². The number of hydrogen-bond donors (Lipinski definition) is 2. The SMILES string of the molecule is Cc1csc(-c2c(N)nsc2NCc2ccncn2)n1. The van der Waals surface area contributed by atoms with E-state index >= 15 is 0 Å². The van der Waals surface area contributed by atoms with Crippen LogP contribution in [0.2, 0.25) is 0 Å². The van der Waals surface area contributed by atoms with Crippen LogP contribution in [0, 0.1) is 6.92 Å².